The average Bonchev–Trinajstić information content (AvgIpc) is 3.17. The van der Waals surface area contributed by atoms with Gasteiger partial charge in [-0.05, 0) is 82.4 Å². The first-order chi connectivity index (χ1) is 17.9. The lowest BCUT2D eigenvalue weighted by atomic mass is 10.1. The van der Waals surface area contributed by atoms with E-state index in [2.05, 4.69) is 0 Å². The molecule has 3 aromatic carbocycles. The molecule has 0 bridgehead atoms. The molecule has 4 rings (SSSR count). The fourth-order valence-electron chi connectivity index (χ4n) is 3.48. The third kappa shape index (κ3) is 6.25. The minimum Gasteiger partial charge on any atom is -0.493 e. The van der Waals surface area contributed by atoms with Crippen LogP contribution in [0.4, 0.5) is 4.79 Å². The van der Waals surface area contributed by atoms with Gasteiger partial charge in [0.15, 0.2) is 23.0 Å². The molecule has 3 aromatic rings. The van der Waals surface area contributed by atoms with E-state index >= 15 is 0 Å². The van der Waals surface area contributed by atoms with Gasteiger partial charge >= 0.3 is 5.97 Å². The molecule has 0 atom stereocenters. The SMILES string of the molecule is COc1ccccc1OCCN1C(=O)S/C(=C\c2cc(I)c(OC(=O)c3ccccc3)c(OC)c2)C1=O. The van der Waals surface area contributed by atoms with Gasteiger partial charge < -0.3 is 18.9 Å². The smallest absolute Gasteiger partial charge is 0.343 e. The maximum Gasteiger partial charge on any atom is 0.343 e. The van der Waals surface area contributed by atoms with Gasteiger partial charge in [0.05, 0.1) is 34.8 Å². The number of amides is 2. The van der Waals surface area contributed by atoms with Gasteiger partial charge in [0, 0.05) is 0 Å². The van der Waals surface area contributed by atoms with E-state index < -0.39 is 11.9 Å². The van der Waals surface area contributed by atoms with E-state index in [1.165, 1.54) is 7.11 Å². The van der Waals surface area contributed by atoms with Gasteiger partial charge in [-0.25, -0.2) is 4.79 Å². The number of benzene rings is 3. The van der Waals surface area contributed by atoms with Gasteiger partial charge in [-0.15, -0.1) is 0 Å². The highest BCUT2D eigenvalue weighted by molar-refractivity contribution is 14.1. The summed E-state index contributed by atoms with van der Waals surface area (Å²) in [5, 5.41) is -0.380. The maximum atomic E-state index is 12.9. The van der Waals surface area contributed by atoms with Crippen LogP contribution in [0.2, 0.25) is 0 Å². The summed E-state index contributed by atoms with van der Waals surface area (Å²) in [6, 6.07) is 19.2. The molecule has 0 spiro atoms. The maximum absolute atomic E-state index is 12.9. The zero-order valence-corrected chi connectivity index (χ0v) is 22.9. The van der Waals surface area contributed by atoms with Crippen LogP contribution in [-0.2, 0) is 4.79 Å². The predicted octanol–water partition coefficient (Wildman–Crippen LogP) is 5.64. The zero-order valence-electron chi connectivity index (χ0n) is 19.9. The normalized spacial score (nSPS) is 14.1. The molecule has 0 radical (unpaired) electrons. The largest absolute Gasteiger partial charge is 0.493 e. The molecule has 0 saturated carbocycles. The number of carbonyl (C=O) groups is 3. The van der Waals surface area contributed by atoms with Crippen molar-refractivity contribution in [3.05, 3.63) is 86.3 Å². The van der Waals surface area contributed by atoms with E-state index in [-0.39, 0.29) is 29.0 Å². The number of thioether (sulfide) groups is 1. The van der Waals surface area contributed by atoms with Crippen LogP contribution in [0.3, 0.4) is 0 Å². The quantitative estimate of drug-likeness (QED) is 0.130. The van der Waals surface area contributed by atoms with Crippen LogP contribution < -0.4 is 18.9 Å². The Bertz CT molecular complexity index is 1360. The third-order valence-electron chi connectivity index (χ3n) is 5.27. The molecule has 0 unspecified atom stereocenters. The third-order valence-corrected chi connectivity index (χ3v) is 6.98. The van der Waals surface area contributed by atoms with E-state index in [9.17, 15) is 14.4 Å². The van der Waals surface area contributed by atoms with Gasteiger partial charge in [0.1, 0.15) is 6.61 Å². The van der Waals surface area contributed by atoms with Crippen molar-refractivity contribution in [2.45, 2.75) is 0 Å². The van der Waals surface area contributed by atoms with Crippen LogP contribution in [-0.4, -0.2) is 49.4 Å². The molecule has 2 amide bonds. The lowest BCUT2D eigenvalue weighted by Crippen LogP contribution is -2.32. The first-order valence-electron chi connectivity index (χ1n) is 11.1. The molecule has 37 heavy (non-hydrogen) atoms. The van der Waals surface area contributed by atoms with Gasteiger partial charge in [-0.3, -0.25) is 14.5 Å². The standard InChI is InChI=1S/C27H22INO7S/c1-33-20-10-6-7-11-21(20)35-13-12-29-25(30)23(37-27(29)32)16-17-14-19(28)24(22(15-17)34-2)36-26(31)18-8-4-3-5-9-18/h3-11,14-16H,12-13H2,1-2H3/b23-16-. The average molecular weight is 631 g/mol. The summed E-state index contributed by atoms with van der Waals surface area (Å²) in [5.74, 6) is 0.774. The number of hydrogen-bond acceptors (Lipinski definition) is 8. The summed E-state index contributed by atoms with van der Waals surface area (Å²) in [6.07, 6.45) is 1.61. The van der Waals surface area contributed by atoms with Gasteiger partial charge in [-0.1, -0.05) is 30.3 Å². The first kappa shape index (κ1) is 26.6. The van der Waals surface area contributed by atoms with Gasteiger partial charge in [0.25, 0.3) is 11.1 Å². The highest BCUT2D eigenvalue weighted by Crippen LogP contribution is 2.37. The fraction of sp³-hybridized carbons (Fsp3) is 0.148. The molecule has 1 aliphatic rings. The van der Waals surface area contributed by atoms with Crippen molar-refractivity contribution in [2.75, 3.05) is 27.4 Å². The number of hydrogen-bond donors (Lipinski definition) is 0. The van der Waals surface area contributed by atoms with Crippen LogP contribution in [0, 0.1) is 3.57 Å². The lowest BCUT2D eigenvalue weighted by molar-refractivity contribution is -0.123. The van der Waals surface area contributed by atoms with E-state index in [1.807, 2.05) is 40.8 Å². The van der Waals surface area contributed by atoms with Crippen LogP contribution in [0.5, 0.6) is 23.0 Å². The Kier molecular flexibility index (Phi) is 8.72. The van der Waals surface area contributed by atoms with Crippen molar-refractivity contribution < 1.29 is 33.3 Å². The van der Waals surface area contributed by atoms with Crippen LogP contribution in [0.1, 0.15) is 15.9 Å². The Balaban J connectivity index is 1.46. The number of halogens is 1. The molecule has 10 heteroatoms. The number of rotatable bonds is 9. The Hall–Kier alpha value is -3.51. The van der Waals surface area contributed by atoms with Crippen molar-refractivity contribution in [2.24, 2.45) is 0 Å². The number of esters is 1. The second-order valence-corrected chi connectivity index (χ2v) is 9.78. The van der Waals surface area contributed by atoms with Crippen molar-refractivity contribution >= 4 is 57.5 Å². The topological polar surface area (TPSA) is 91.4 Å². The Morgan fingerprint density at radius 3 is 2.32 bits per heavy atom. The number of ether oxygens (including phenoxy) is 4. The number of imide groups is 1. The zero-order chi connectivity index (χ0) is 26.4. The molecule has 8 nitrogen and oxygen atoms in total. The van der Waals surface area contributed by atoms with Crippen molar-refractivity contribution in [1.29, 1.82) is 0 Å². The predicted molar refractivity (Wildman–Crippen MR) is 148 cm³/mol. The molecule has 0 aromatic heterocycles. The number of methoxy groups -OCH3 is 2. The molecule has 0 N–H and O–H groups in total. The Morgan fingerprint density at radius 1 is 0.946 bits per heavy atom. The van der Waals surface area contributed by atoms with E-state index in [4.69, 9.17) is 18.9 Å². The summed E-state index contributed by atoms with van der Waals surface area (Å²) in [6.45, 7) is 0.216. The Labute approximate surface area is 231 Å². The molecular weight excluding hydrogens is 609 g/mol. The van der Waals surface area contributed by atoms with Crippen LogP contribution >= 0.6 is 34.4 Å². The second-order valence-electron chi connectivity index (χ2n) is 7.62. The lowest BCUT2D eigenvalue weighted by Gasteiger charge is -2.14. The van der Waals surface area contributed by atoms with Crippen molar-refractivity contribution in [1.82, 2.24) is 4.90 Å². The van der Waals surface area contributed by atoms with Crippen molar-refractivity contribution in [3.8, 4) is 23.0 Å². The minimum absolute atomic E-state index is 0.0925. The van der Waals surface area contributed by atoms with E-state index in [0.29, 0.717) is 31.9 Å². The number of nitrogens with zero attached hydrogens (tertiary/aromatic N) is 1. The van der Waals surface area contributed by atoms with Gasteiger partial charge in [-0.2, -0.15) is 0 Å². The van der Waals surface area contributed by atoms with Crippen LogP contribution in [0.15, 0.2) is 71.6 Å². The summed E-state index contributed by atoms with van der Waals surface area (Å²) in [4.78, 5) is 39.4. The molecule has 1 saturated heterocycles. The number of carbonyl (C=O) groups excluding carboxylic acids is 3. The Morgan fingerprint density at radius 2 is 1.62 bits per heavy atom. The van der Waals surface area contributed by atoms with E-state index in [0.717, 1.165) is 16.7 Å². The molecule has 0 aliphatic carbocycles. The van der Waals surface area contributed by atoms with E-state index in [1.54, 1.807) is 61.7 Å². The molecule has 1 aliphatic heterocycles. The highest BCUT2D eigenvalue weighted by atomic mass is 127. The first-order valence-corrected chi connectivity index (χ1v) is 13.0. The second kappa shape index (κ2) is 12.2. The van der Waals surface area contributed by atoms with Crippen molar-refractivity contribution in [3.63, 3.8) is 0 Å². The molecule has 190 valence electrons. The monoisotopic (exact) mass is 631 g/mol. The fourth-order valence-corrected chi connectivity index (χ4v) is 5.08. The summed E-state index contributed by atoms with van der Waals surface area (Å²) in [5.41, 5.74) is 1.03. The van der Waals surface area contributed by atoms with Crippen LogP contribution in [0.25, 0.3) is 6.08 Å². The summed E-state index contributed by atoms with van der Waals surface area (Å²) in [7, 11) is 3.00. The van der Waals surface area contributed by atoms with Gasteiger partial charge in [0.2, 0.25) is 0 Å². The minimum atomic E-state index is -0.513. The molecule has 1 fully saturated rings. The summed E-state index contributed by atoms with van der Waals surface area (Å²) < 4.78 is 22.6. The highest BCUT2D eigenvalue weighted by Gasteiger charge is 2.35. The molecular formula is C27H22INO7S. The summed E-state index contributed by atoms with van der Waals surface area (Å²) >= 11 is 2.89. The molecule has 1 heterocycles. The number of para-hydroxylation sites is 2.